The van der Waals surface area contributed by atoms with Gasteiger partial charge < -0.3 is 14.6 Å². The van der Waals surface area contributed by atoms with Gasteiger partial charge in [0.25, 0.3) is 0 Å². The summed E-state index contributed by atoms with van der Waals surface area (Å²) in [5, 5.41) is 8.84. The summed E-state index contributed by atoms with van der Waals surface area (Å²) >= 11 is 0. The van der Waals surface area contributed by atoms with Crippen LogP contribution in [0.15, 0.2) is 42.6 Å². The van der Waals surface area contributed by atoms with Gasteiger partial charge in [-0.25, -0.2) is 9.78 Å². The molecule has 2 rings (SSSR count). The van der Waals surface area contributed by atoms with Crippen LogP contribution in [0.3, 0.4) is 0 Å². The normalized spacial score (nSPS) is 10.2. The van der Waals surface area contributed by atoms with E-state index in [1.54, 1.807) is 13.2 Å². The number of aromatic nitrogens is 1. The molecule has 5 heteroatoms. The second kappa shape index (κ2) is 6.68. The highest BCUT2D eigenvalue weighted by Gasteiger charge is 2.08. The largest absolute Gasteiger partial charge is 0.491 e. The quantitative estimate of drug-likeness (QED) is 0.819. The fourth-order valence-corrected chi connectivity index (χ4v) is 1.75. The number of para-hydroxylation sites is 1. The Bertz CT molecular complexity index is 581. The van der Waals surface area contributed by atoms with Gasteiger partial charge in [0.1, 0.15) is 18.1 Å². The molecule has 0 bridgehead atoms. The van der Waals surface area contributed by atoms with Crippen LogP contribution in [0.25, 0.3) is 11.1 Å². The third-order valence-corrected chi connectivity index (χ3v) is 2.73. The number of hydrogen-bond acceptors (Lipinski definition) is 4. The molecular formula is C15H15NO4. The maximum Gasteiger partial charge on any atom is 0.354 e. The van der Waals surface area contributed by atoms with Crippen LogP contribution in [-0.2, 0) is 4.74 Å². The van der Waals surface area contributed by atoms with Crippen LogP contribution in [-0.4, -0.2) is 36.4 Å². The summed E-state index contributed by atoms with van der Waals surface area (Å²) in [6, 6.07) is 10.7. The highest BCUT2D eigenvalue weighted by atomic mass is 16.5. The number of hydrogen-bond donors (Lipinski definition) is 1. The predicted octanol–water partition coefficient (Wildman–Crippen LogP) is 2.47. The molecule has 5 nitrogen and oxygen atoms in total. The fraction of sp³-hybridized carbons (Fsp3) is 0.200. The maximum absolute atomic E-state index is 10.8. The van der Waals surface area contributed by atoms with E-state index >= 15 is 0 Å². The molecule has 0 saturated carbocycles. The van der Waals surface area contributed by atoms with Crippen molar-refractivity contribution in [3.05, 3.63) is 48.3 Å². The Morgan fingerprint density at radius 1 is 1.20 bits per heavy atom. The molecule has 0 spiro atoms. The van der Waals surface area contributed by atoms with E-state index in [1.807, 2.05) is 24.3 Å². The van der Waals surface area contributed by atoms with Gasteiger partial charge in [0, 0.05) is 24.4 Å². The number of nitrogens with zero attached hydrogens (tertiary/aromatic N) is 1. The molecule has 1 aromatic heterocycles. The van der Waals surface area contributed by atoms with Crippen molar-refractivity contribution in [2.75, 3.05) is 20.3 Å². The summed E-state index contributed by atoms with van der Waals surface area (Å²) in [5.74, 6) is -0.324. The second-order valence-electron chi connectivity index (χ2n) is 4.07. The molecule has 1 heterocycles. The van der Waals surface area contributed by atoms with Crippen molar-refractivity contribution >= 4 is 5.97 Å². The van der Waals surface area contributed by atoms with Crippen LogP contribution < -0.4 is 4.74 Å². The van der Waals surface area contributed by atoms with Gasteiger partial charge in [0.2, 0.25) is 0 Å². The van der Waals surface area contributed by atoms with Gasteiger partial charge in [0.05, 0.1) is 6.61 Å². The lowest BCUT2D eigenvalue weighted by Gasteiger charge is -2.11. The maximum atomic E-state index is 10.8. The number of aromatic carboxylic acids is 1. The van der Waals surface area contributed by atoms with Crippen molar-refractivity contribution in [2.24, 2.45) is 0 Å². The van der Waals surface area contributed by atoms with E-state index < -0.39 is 5.97 Å². The van der Waals surface area contributed by atoms with E-state index in [-0.39, 0.29) is 5.69 Å². The van der Waals surface area contributed by atoms with Crippen LogP contribution in [0.1, 0.15) is 10.5 Å². The Morgan fingerprint density at radius 3 is 2.65 bits per heavy atom. The molecular weight excluding hydrogens is 258 g/mol. The first-order valence-electron chi connectivity index (χ1n) is 6.13. The van der Waals surface area contributed by atoms with E-state index in [2.05, 4.69) is 4.98 Å². The van der Waals surface area contributed by atoms with E-state index in [0.717, 1.165) is 16.9 Å². The van der Waals surface area contributed by atoms with Crippen molar-refractivity contribution in [1.82, 2.24) is 4.98 Å². The smallest absolute Gasteiger partial charge is 0.354 e. The van der Waals surface area contributed by atoms with Crippen LogP contribution >= 0.6 is 0 Å². The van der Waals surface area contributed by atoms with Gasteiger partial charge in [-0.1, -0.05) is 24.3 Å². The molecule has 0 amide bonds. The summed E-state index contributed by atoms with van der Waals surface area (Å²) in [4.78, 5) is 14.7. The number of rotatable bonds is 6. The minimum atomic E-state index is -1.04. The first-order valence-corrected chi connectivity index (χ1v) is 6.13. The average molecular weight is 273 g/mol. The average Bonchev–Trinajstić information content (AvgIpc) is 2.48. The number of benzene rings is 1. The zero-order valence-electron chi connectivity index (χ0n) is 11.1. The molecule has 0 unspecified atom stereocenters. The topological polar surface area (TPSA) is 68.7 Å². The Kier molecular flexibility index (Phi) is 4.68. The lowest BCUT2D eigenvalue weighted by atomic mass is 10.1. The molecule has 20 heavy (non-hydrogen) atoms. The van der Waals surface area contributed by atoms with Crippen molar-refractivity contribution < 1.29 is 19.4 Å². The first kappa shape index (κ1) is 14.0. The molecule has 0 atom stereocenters. The Hall–Kier alpha value is -2.40. The van der Waals surface area contributed by atoms with E-state index in [4.69, 9.17) is 14.6 Å². The lowest BCUT2D eigenvalue weighted by molar-refractivity contribution is 0.0690. The summed E-state index contributed by atoms with van der Waals surface area (Å²) in [6.45, 7) is 0.957. The third kappa shape index (κ3) is 3.33. The summed E-state index contributed by atoms with van der Waals surface area (Å²) in [7, 11) is 1.61. The van der Waals surface area contributed by atoms with Crippen molar-refractivity contribution in [3.8, 4) is 16.9 Å². The van der Waals surface area contributed by atoms with Gasteiger partial charge >= 0.3 is 5.97 Å². The lowest BCUT2D eigenvalue weighted by Crippen LogP contribution is -2.05. The van der Waals surface area contributed by atoms with Crippen molar-refractivity contribution in [1.29, 1.82) is 0 Å². The zero-order valence-corrected chi connectivity index (χ0v) is 11.1. The van der Waals surface area contributed by atoms with Crippen LogP contribution in [0, 0.1) is 0 Å². The van der Waals surface area contributed by atoms with Gasteiger partial charge in [-0.2, -0.15) is 0 Å². The molecule has 0 saturated heterocycles. The number of carboxylic acid groups (broad SMARTS) is 1. The van der Waals surface area contributed by atoms with Gasteiger partial charge in [0.15, 0.2) is 0 Å². The molecule has 104 valence electrons. The Morgan fingerprint density at radius 2 is 2.00 bits per heavy atom. The molecule has 0 fully saturated rings. The van der Waals surface area contributed by atoms with Gasteiger partial charge in [-0.05, 0) is 12.1 Å². The molecule has 2 aromatic rings. The van der Waals surface area contributed by atoms with Crippen LogP contribution in [0.4, 0.5) is 0 Å². The highest BCUT2D eigenvalue weighted by Crippen LogP contribution is 2.29. The number of pyridine rings is 1. The van der Waals surface area contributed by atoms with Crippen LogP contribution in [0.5, 0.6) is 5.75 Å². The van der Waals surface area contributed by atoms with Crippen LogP contribution in [0.2, 0.25) is 0 Å². The molecule has 0 radical (unpaired) electrons. The summed E-state index contributed by atoms with van der Waals surface area (Å²) < 4.78 is 10.6. The summed E-state index contributed by atoms with van der Waals surface area (Å²) in [5.41, 5.74) is 1.70. The van der Waals surface area contributed by atoms with Gasteiger partial charge in [-0.3, -0.25) is 0 Å². The molecule has 0 aliphatic rings. The summed E-state index contributed by atoms with van der Waals surface area (Å²) in [6.07, 6.45) is 1.53. The van der Waals surface area contributed by atoms with E-state index in [0.29, 0.717) is 13.2 Å². The van der Waals surface area contributed by atoms with E-state index in [1.165, 1.54) is 12.3 Å². The SMILES string of the molecule is COCCOc1ccccc1-c1ccc(C(=O)O)nc1. The monoisotopic (exact) mass is 273 g/mol. The number of carboxylic acids is 1. The van der Waals surface area contributed by atoms with Gasteiger partial charge in [-0.15, -0.1) is 0 Å². The minimum absolute atomic E-state index is 0.0199. The number of carbonyl (C=O) groups is 1. The molecule has 0 aliphatic carbocycles. The van der Waals surface area contributed by atoms with Crippen molar-refractivity contribution in [2.45, 2.75) is 0 Å². The second-order valence-corrected chi connectivity index (χ2v) is 4.07. The number of methoxy groups -OCH3 is 1. The molecule has 0 aliphatic heterocycles. The fourth-order valence-electron chi connectivity index (χ4n) is 1.75. The number of ether oxygens (including phenoxy) is 2. The minimum Gasteiger partial charge on any atom is -0.491 e. The molecule has 1 aromatic carbocycles. The third-order valence-electron chi connectivity index (χ3n) is 2.73. The van der Waals surface area contributed by atoms with Crippen molar-refractivity contribution in [3.63, 3.8) is 0 Å². The zero-order chi connectivity index (χ0) is 14.4. The molecule has 1 N–H and O–H groups in total. The van der Waals surface area contributed by atoms with E-state index in [9.17, 15) is 4.79 Å². The first-order chi connectivity index (χ1) is 9.72. The standard InChI is InChI=1S/C15H15NO4/c1-19-8-9-20-14-5-3-2-4-12(14)11-6-7-13(15(17)18)16-10-11/h2-7,10H,8-9H2,1H3,(H,17,18). The predicted molar refractivity (Wildman–Crippen MR) is 74.0 cm³/mol. The highest BCUT2D eigenvalue weighted by molar-refractivity contribution is 5.86. The Labute approximate surface area is 116 Å². The Balaban J connectivity index is 2.25.